The molecule has 2 rings (SSSR count). The number of carbonyl (C=O) groups is 1. The molecule has 0 fully saturated rings. The Kier molecular flexibility index (Phi) is 6.71. The average molecular weight is 342 g/mol. The van der Waals surface area contributed by atoms with Gasteiger partial charge in [-0.3, -0.25) is 4.79 Å². The maximum Gasteiger partial charge on any atom is 0.244 e. The van der Waals surface area contributed by atoms with Gasteiger partial charge in [0.2, 0.25) is 5.91 Å². The standard InChI is InChI=1S/C20H23FN2O2/c1-23(2)14-18(16-7-5-4-6-8-16)22-20(24)12-10-15-9-11-19(25-3)17(21)13-15/h4-13,18H,14H2,1-3H3,(H,22,24)/b12-10+/t18-/m0/s1. The third-order valence-electron chi connectivity index (χ3n) is 3.67. The van der Waals surface area contributed by atoms with Crippen LogP contribution in [0.4, 0.5) is 4.39 Å². The summed E-state index contributed by atoms with van der Waals surface area (Å²) in [5.41, 5.74) is 1.63. The Hall–Kier alpha value is -2.66. The van der Waals surface area contributed by atoms with E-state index in [0.717, 1.165) is 5.56 Å². The Balaban J connectivity index is 2.06. The van der Waals surface area contributed by atoms with E-state index in [1.807, 2.05) is 49.3 Å². The van der Waals surface area contributed by atoms with Crippen molar-refractivity contribution in [3.63, 3.8) is 0 Å². The first-order valence-electron chi connectivity index (χ1n) is 8.01. The summed E-state index contributed by atoms with van der Waals surface area (Å²) in [5.74, 6) is -0.511. The van der Waals surface area contributed by atoms with Gasteiger partial charge < -0.3 is 15.0 Å². The van der Waals surface area contributed by atoms with E-state index in [-0.39, 0.29) is 17.7 Å². The second-order valence-electron chi connectivity index (χ2n) is 5.96. The number of carbonyl (C=O) groups excluding carboxylic acids is 1. The van der Waals surface area contributed by atoms with Crippen molar-refractivity contribution in [2.45, 2.75) is 6.04 Å². The number of nitrogens with one attached hydrogen (secondary N) is 1. The van der Waals surface area contributed by atoms with Gasteiger partial charge in [-0.05, 0) is 43.4 Å². The van der Waals surface area contributed by atoms with Gasteiger partial charge in [-0.15, -0.1) is 0 Å². The summed E-state index contributed by atoms with van der Waals surface area (Å²) in [5, 5.41) is 2.99. The predicted octanol–water partition coefficient (Wildman–Crippen LogP) is 3.27. The number of hydrogen-bond donors (Lipinski definition) is 1. The van der Waals surface area contributed by atoms with Crippen LogP contribution in [0.15, 0.2) is 54.6 Å². The molecule has 1 N–H and O–H groups in total. The fraction of sp³-hybridized carbons (Fsp3) is 0.250. The van der Waals surface area contributed by atoms with Crippen molar-refractivity contribution < 1.29 is 13.9 Å². The highest BCUT2D eigenvalue weighted by atomic mass is 19.1. The number of likely N-dealkylation sites (N-methyl/N-ethyl adjacent to an activating group) is 1. The molecule has 0 aromatic heterocycles. The SMILES string of the molecule is COc1ccc(/C=C/C(=O)N[C@@H](CN(C)C)c2ccccc2)cc1F. The highest BCUT2D eigenvalue weighted by Crippen LogP contribution is 2.18. The lowest BCUT2D eigenvalue weighted by atomic mass is 10.1. The predicted molar refractivity (Wildman–Crippen MR) is 97.9 cm³/mol. The Bertz CT molecular complexity index is 730. The molecule has 0 unspecified atom stereocenters. The van der Waals surface area contributed by atoms with Crippen molar-refractivity contribution in [1.29, 1.82) is 0 Å². The molecule has 0 aliphatic carbocycles. The van der Waals surface area contributed by atoms with E-state index < -0.39 is 5.82 Å². The molecule has 0 saturated carbocycles. The van der Waals surface area contributed by atoms with Gasteiger partial charge in [0.1, 0.15) is 0 Å². The van der Waals surface area contributed by atoms with Crippen molar-refractivity contribution in [1.82, 2.24) is 10.2 Å². The molecule has 0 heterocycles. The fourth-order valence-electron chi connectivity index (χ4n) is 2.46. The molecule has 0 spiro atoms. The molecule has 0 saturated heterocycles. The third-order valence-corrected chi connectivity index (χ3v) is 3.67. The van der Waals surface area contributed by atoms with Crippen LogP contribution in [-0.2, 0) is 4.79 Å². The average Bonchev–Trinajstić information content (AvgIpc) is 2.60. The Labute approximate surface area is 147 Å². The van der Waals surface area contributed by atoms with E-state index in [1.54, 1.807) is 12.1 Å². The summed E-state index contributed by atoms with van der Waals surface area (Å²) in [6, 6.07) is 14.2. The van der Waals surface area contributed by atoms with Crippen molar-refractivity contribution in [3.8, 4) is 5.75 Å². The molecule has 4 nitrogen and oxygen atoms in total. The number of ether oxygens (including phenoxy) is 1. The minimum atomic E-state index is -0.458. The Morgan fingerprint density at radius 2 is 1.96 bits per heavy atom. The molecule has 0 bridgehead atoms. The third kappa shape index (κ3) is 5.72. The molecule has 132 valence electrons. The zero-order chi connectivity index (χ0) is 18.2. The lowest BCUT2D eigenvalue weighted by Crippen LogP contribution is -2.34. The number of hydrogen-bond acceptors (Lipinski definition) is 3. The van der Waals surface area contributed by atoms with Crippen molar-refractivity contribution in [2.75, 3.05) is 27.7 Å². The van der Waals surface area contributed by atoms with E-state index in [1.165, 1.54) is 25.3 Å². The molecule has 2 aromatic rings. The zero-order valence-corrected chi connectivity index (χ0v) is 14.7. The van der Waals surface area contributed by atoms with Crippen LogP contribution in [0.1, 0.15) is 17.2 Å². The number of rotatable bonds is 7. The van der Waals surface area contributed by atoms with Crippen molar-refractivity contribution in [2.24, 2.45) is 0 Å². The number of benzene rings is 2. The largest absolute Gasteiger partial charge is 0.494 e. The summed E-state index contributed by atoms with van der Waals surface area (Å²) < 4.78 is 18.6. The molecule has 0 aliphatic heterocycles. The van der Waals surface area contributed by atoms with E-state index in [2.05, 4.69) is 5.32 Å². The van der Waals surface area contributed by atoms with Gasteiger partial charge in [0, 0.05) is 12.6 Å². The minimum absolute atomic E-state index is 0.124. The highest BCUT2D eigenvalue weighted by molar-refractivity contribution is 5.92. The minimum Gasteiger partial charge on any atom is -0.494 e. The maximum atomic E-state index is 13.7. The van der Waals surface area contributed by atoms with Crippen LogP contribution in [0.3, 0.4) is 0 Å². The number of amides is 1. The van der Waals surface area contributed by atoms with E-state index in [9.17, 15) is 9.18 Å². The molecule has 25 heavy (non-hydrogen) atoms. The second kappa shape index (κ2) is 8.99. The maximum absolute atomic E-state index is 13.7. The Morgan fingerprint density at radius 3 is 2.56 bits per heavy atom. The summed E-state index contributed by atoms with van der Waals surface area (Å²) in [6.07, 6.45) is 2.99. The first kappa shape index (κ1) is 18.7. The molecular formula is C20H23FN2O2. The molecule has 1 atom stereocenters. The zero-order valence-electron chi connectivity index (χ0n) is 14.7. The molecule has 5 heteroatoms. The summed E-state index contributed by atoms with van der Waals surface area (Å²) in [4.78, 5) is 14.3. The quantitative estimate of drug-likeness (QED) is 0.785. The highest BCUT2D eigenvalue weighted by Gasteiger charge is 2.14. The van der Waals surface area contributed by atoms with Gasteiger partial charge >= 0.3 is 0 Å². The molecule has 0 radical (unpaired) electrons. The van der Waals surface area contributed by atoms with E-state index in [4.69, 9.17) is 4.74 Å². The van der Waals surface area contributed by atoms with Crippen LogP contribution >= 0.6 is 0 Å². The molecule has 1 amide bonds. The molecular weight excluding hydrogens is 319 g/mol. The summed E-state index contributed by atoms with van der Waals surface area (Å²) in [6.45, 7) is 0.681. The van der Waals surface area contributed by atoms with Gasteiger partial charge in [0.25, 0.3) is 0 Å². The van der Waals surface area contributed by atoms with Crippen LogP contribution in [0.25, 0.3) is 6.08 Å². The van der Waals surface area contributed by atoms with Crippen molar-refractivity contribution >= 4 is 12.0 Å². The fourth-order valence-corrected chi connectivity index (χ4v) is 2.46. The topological polar surface area (TPSA) is 41.6 Å². The van der Waals surface area contributed by atoms with Crippen molar-refractivity contribution in [3.05, 3.63) is 71.6 Å². The van der Waals surface area contributed by atoms with Gasteiger partial charge in [-0.1, -0.05) is 36.4 Å². The smallest absolute Gasteiger partial charge is 0.244 e. The summed E-state index contributed by atoms with van der Waals surface area (Å²) in [7, 11) is 5.33. The van der Waals surface area contributed by atoms with Crippen LogP contribution in [0.2, 0.25) is 0 Å². The Morgan fingerprint density at radius 1 is 1.24 bits per heavy atom. The number of nitrogens with zero attached hydrogens (tertiary/aromatic N) is 1. The normalized spacial score (nSPS) is 12.4. The molecule has 2 aromatic carbocycles. The monoisotopic (exact) mass is 342 g/mol. The van der Waals surface area contributed by atoms with E-state index in [0.29, 0.717) is 12.1 Å². The lowest BCUT2D eigenvalue weighted by Gasteiger charge is -2.22. The van der Waals surface area contributed by atoms with Gasteiger partial charge in [0.05, 0.1) is 13.2 Å². The van der Waals surface area contributed by atoms with Gasteiger partial charge in [0.15, 0.2) is 11.6 Å². The number of methoxy groups -OCH3 is 1. The number of halogens is 1. The first-order valence-corrected chi connectivity index (χ1v) is 8.01. The van der Waals surface area contributed by atoms with E-state index >= 15 is 0 Å². The van der Waals surface area contributed by atoms with Crippen LogP contribution in [0.5, 0.6) is 5.75 Å². The lowest BCUT2D eigenvalue weighted by molar-refractivity contribution is -0.117. The first-order chi connectivity index (χ1) is 12.0. The molecule has 0 aliphatic rings. The summed E-state index contributed by atoms with van der Waals surface area (Å²) >= 11 is 0. The van der Waals surface area contributed by atoms with Gasteiger partial charge in [-0.25, -0.2) is 4.39 Å². The van der Waals surface area contributed by atoms with Crippen LogP contribution in [-0.4, -0.2) is 38.6 Å². The van der Waals surface area contributed by atoms with Crippen LogP contribution in [0, 0.1) is 5.82 Å². The second-order valence-corrected chi connectivity index (χ2v) is 5.96. The van der Waals surface area contributed by atoms with Gasteiger partial charge in [-0.2, -0.15) is 0 Å². The van der Waals surface area contributed by atoms with Crippen LogP contribution < -0.4 is 10.1 Å².